The smallest absolute Gasteiger partial charge is 0.416 e. The Labute approximate surface area is 142 Å². The van der Waals surface area contributed by atoms with E-state index in [0.29, 0.717) is 6.42 Å². The van der Waals surface area contributed by atoms with Crippen LogP contribution in [0.25, 0.3) is 0 Å². The van der Waals surface area contributed by atoms with E-state index >= 15 is 0 Å². The van der Waals surface area contributed by atoms with Crippen molar-refractivity contribution >= 4 is 11.9 Å². The number of carboxylic acids is 1. The van der Waals surface area contributed by atoms with Crippen molar-refractivity contribution in [2.24, 2.45) is 0 Å². The molecule has 2 aromatic rings. The monoisotopic (exact) mass is 351 g/mol. The second kappa shape index (κ2) is 7.83. The standard InChI is InChI=1S/C18H16F3NO3/c19-18(20,21)14-9-7-13(8-10-14)16(23)22-15(17(24)25)11-6-12-4-2-1-3-5-12/h1-5,7-10,15H,6,11H2,(H,22,23)(H,24,25)/t15-/m1/s1. The van der Waals surface area contributed by atoms with E-state index in [2.05, 4.69) is 5.32 Å². The molecule has 4 nitrogen and oxygen atoms in total. The zero-order valence-electron chi connectivity index (χ0n) is 13.1. The number of amides is 1. The summed E-state index contributed by atoms with van der Waals surface area (Å²) in [5.41, 5.74) is 0.0272. The molecule has 0 heterocycles. The minimum Gasteiger partial charge on any atom is -0.480 e. The summed E-state index contributed by atoms with van der Waals surface area (Å²) in [6, 6.07) is 11.7. The van der Waals surface area contributed by atoms with E-state index < -0.39 is 29.7 Å². The Hall–Kier alpha value is -2.83. The number of aliphatic carboxylic acids is 1. The lowest BCUT2D eigenvalue weighted by molar-refractivity contribution is -0.139. The highest BCUT2D eigenvalue weighted by Crippen LogP contribution is 2.29. The largest absolute Gasteiger partial charge is 0.480 e. The number of carboxylic acid groups (broad SMARTS) is 1. The lowest BCUT2D eigenvalue weighted by Gasteiger charge is -2.15. The number of alkyl halides is 3. The quantitative estimate of drug-likeness (QED) is 0.837. The van der Waals surface area contributed by atoms with Crippen LogP contribution in [0, 0.1) is 0 Å². The molecule has 7 heteroatoms. The van der Waals surface area contributed by atoms with Gasteiger partial charge in [0.25, 0.3) is 5.91 Å². The second-order valence-corrected chi connectivity index (χ2v) is 5.46. The molecule has 2 N–H and O–H groups in total. The Morgan fingerprint density at radius 2 is 1.60 bits per heavy atom. The van der Waals surface area contributed by atoms with E-state index in [1.165, 1.54) is 0 Å². The predicted molar refractivity (Wildman–Crippen MR) is 85.1 cm³/mol. The molecule has 0 aromatic heterocycles. The van der Waals surface area contributed by atoms with Gasteiger partial charge in [-0.2, -0.15) is 13.2 Å². The first kappa shape index (κ1) is 18.5. The van der Waals surface area contributed by atoms with Crippen LogP contribution in [-0.4, -0.2) is 23.0 Å². The first-order valence-electron chi connectivity index (χ1n) is 7.52. The summed E-state index contributed by atoms with van der Waals surface area (Å²) in [6.45, 7) is 0. The average Bonchev–Trinajstić information content (AvgIpc) is 2.58. The fourth-order valence-corrected chi connectivity index (χ4v) is 2.27. The molecule has 0 aliphatic carbocycles. The van der Waals surface area contributed by atoms with Gasteiger partial charge in [-0.05, 0) is 42.7 Å². The van der Waals surface area contributed by atoms with E-state index in [9.17, 15) is 27.9 Å². The summed E-state index contributed by atoms with van der Waals surface area (Å²) in [7, 11) is 0. The molecule has 1 amide bonds. The normalized spacial score (nSPS) is 12.4. The first-order valence-corrected chi connectivity index (χ1v) is 7.52. The van der Waals surface area contributed by atoms with Gasteiger partial charge in [0.1, 0.15) is 6.04 Å². The van der Waals surface area contributed by atoms with E-state index in [4.69, 9.17) is 0 Å². The number of rotatable bonds is 6. The molecule has 25 heavy (non-hydrogen) atoms. The van der Waals surface area contributed by atoms with Crippen LogP contribution in [0.2, 0.25) is 0 Å². The third kappa shape index (κ3) is 5.34. The molecule has 2 aromatic carbocycles. The molecule has 0 spiro atoms. The van der Waals surface area contributed by atoms with Crippen LogP contribution >= 0.6 is 0 Å². The van der Waals surface area contributed by atoms with Crippen molar-refractivity contribution < 1.29 is 27.9 Å². The lowest BCUT2D eigenvalue weighted by atomic mass is 10.0. The van der Waals surface area contributed by atoms with Gasteiger partial charge in [-0.1, -0.05) is 30.3 Å². The van der Waals surface area contributed by atoms with Gasteiger partial charge in [0, 0.05) is 5.56 Å². The van der Waals surface area contributed by atoms with Crippen LogP contribution in [0.3, 0.4) is 0 Å². The summed E-state index contributed by atoms with van der Waals surface area (Å²) in [5, 5.41) is 11.6. The lowest BCUT2D eigenvalue weighted by Crippen LogP contribution is -2.41. The van der Waals surface area contributed by atoms with Crippen molar-refractivity contribution in [3.8, 4) is 0 Å². The third-order valence-corrected chi connectivity index (χ3v) is 3.64. The Kier molecular flexibility index (Phi) is 5.80. The molecular formula is C18H16F3NO3. The first-order chi connectivity index (χ1) is 11.8. The number of nitrogens with one attached hydrogen (secondary N) is 1. The van der Waals surface area contributed by atoms with Crippen LogP contribution in [-0.2, 0) is 17.4 Å². The van der Waals surface area contributed by atoms with E-state index in [1.807, 2.05) is 30.3 Å². The molecule has 0 bridgehead atoms. The van der Waals surface area contributed by atoms with Crippen molar-refractivity contribution in [3.63, 3.8) is 0 Å². The van der Waals surface area contributed by atoms with Crippen molar-refractivity contribution in [2.75, 3.05) is 0 Å². The van der Waals surface area contributed by atoms with Crippen molar-refractivity contribution in [3.05, 3.63) is 71.3 Å². The predicted octanol–water partition coefficient (Wildman–Crippen LogP) is 3.52. The SMILES string of the molecule is O=C(N[C@H](CCc1ccccc1)C(=O)O)c1ccc(C(F)(F)F)cc1. The molecule has 0 unspecified atom stereocenters. The maximum atomic E-state index is 12.5. The summed E-state index contributed by atoms with van der Waals surface area (Å²) < 4.78 is 37.6. The molecule has 0 fully saturated rings. The maximum Gasteiger partial charge on any atom is 0.416 e. The minimum atomic E-state index is -4.49. The van der Waals surface area contributed by atoms with Gasteiger partial charge < -0.3 is 10.4 Å². The Bertz CT molecular complexity index is 727. The highest BCUT2D eigenvalue weighted by Gasteiger charge is 2.30. The number of carbonyl (C=O) groups excluding carboxylic acids is 1. The van der Waals surface area contributed by atoms with Crippen molar-refractivity contribution in [1.82, 2.24) is 5.32 Å². The minimum absolute atomic E-state index is 0.0287. The molecule has 1 atom stereocenters. The molecule has 0 saturated carbocycles. The molecule has 0 aliphatic heterocycles. The summed E-state index contributed by atoms with van der Waals surface area (Å²) in [6.07, 6.45) is -3.87. The fourth-order valence-electron chi connectivity index (χ4n) is 2.27. The van der Waals surface area contributed by atoms with Crippen LogP contribution < -0.4 is 5.32 Å². The van der Waals surface area contributed by atoms with Gasteiger partial charge >= 0.3 is 12.1 Å². The van der Waals surface area contributed by atoms with Gasteiger partial charge in [0.05, 0.1) is 5.56 Å². The van der Waals surface area contributed by atoms with Gasteiger partial charge in [-0.3, -0.25) is 4.79 Å². The maximum absolute atomic E-state index is 12.5. The van der Waals surface area contributed by atoms with E-state index in [-0.39, 0.29) is 12.0 Å². The Balaban J connectivity index is 2.01. The second-order valence-electron chi connectivity index (χ2n) is 5.46. The van der Waals surface area contributed by atoms with Crippen molar-refractivity contribution in [1.29, 1.82) is 0 Å². The van der Waals surface area contributed by atoms with E-state index in [1.54, 1.807) is 0 Å². The number of benzene rings is 2. The van der Waals surface area contributed by atoms with Gasteiger partial charge in [0.15, 0.2) is 0 Å². The topological polar surface area (TPSA) is 66.4 Å². The number of halogens is 3. The summed E-state index contributed by atoms with van der Waals surface area (Å²) in [4.78, 5) is 23.4. The summed E-state index contributed by atoms with van der Waals surface area (Å²) in [5.74, 6) is -1.93. The Morgan fingerprint density at radius 3 is 2.12 bits per heavy atom. The highest BCUT2D eigenvalue weighted by molar-refractivity contribution is 5.96. The highest BCUT2D eigenvalue weighted by atomic mass is 19.4. The fraction of sp³-hybridized carbons (Fsp3) is 0.222. The van der Waals surface area contributed by atoms with Crippen LogP contribution in [0.1, 0.15) is 27.9 Å². The molecule has 0 aliphatic rings. The Morgan fingerprint density at radius 1 is 1.00 bits per heavy atom. The third-order valence-electron chi connectivity index (χ3n) is 3.64. The van der Waals surface area contributed by atoms with Gasteiger partial charge in [-0.15, -0.1) is 0 Å². The molecule has 2 rings (SSSR count). The van der Waals surface area contributed by atoms with E-state index in [0.717, 1.165) is 29.8 Å². The van der Waals surface area contributed by atoms with Crippen LogP contribution in [0.4, 0.5) is 13.2 Å². The van der Waals surface area contributed by atoms with Gasteiger partial charge in [0.2, 0.25) is 0 Å². The van der Waals surface area contributed by atoms with Crippen LogP contribution in [0.15, 0.2) is 54.6 Å². The summed E-state index contributed by atoms with van der Waals surface area (Å²) >= 11 is 0. The molecule has 132 valence electrons. The van der Waals surface area contributed by atoms with Gasteiger partial charge in [-0.25, -0.2) is 4.79 Å². The zero-order valence-corrected chi connectivity index (χ0v) is 13.1. The number of hydrogen-bond donors (Lipinski definition) is 2. The number of hydrogen-bond acceptors (Lipinski definition) is 2. The number of carbonyl (C=O) groups is 2. The molecular weight excluding hydrogens is 335 g/mol. The van der Waals surface area contributed by atoms with Crippen molar-refractivity contribution in [2.45, 2.75) is 25.1 Å². The molecule has 0 saturated heterocycles. The van der Waals surface area contributed by atoms with Crippen LogP contribution in [0.5, 0.6) is 0 Å². The zero-order chi connectivity index (χ0) is 18.4. The molecule has 0 radical (unpaired) electrons. The average molecular weight is 351 g/mol. The number of aryl methyl sites for hydroxylation is 1.